The Kier molecular flexibility index (Phi) is 4.68. The molecule has 11 heavy (non-hydrogen) atoms. The van der Waals surface area contributed by atoms with Gasteiger partial charge in [0.2, 0.25) is 0 Å². The molecule has 1 N–H and O–H groups in total. The van der Waals surface area contributed by atoms with Gasteiger partial charge in [-0.15, -0.1) is 0 Å². The van der Waals surface area contributed by atoms with Crippen molar-refractivity contribution in [2.75, 3.05) is 0 Å². The lowest BCUT2D eigenvalue weighted by molar-refractivity contribution is 0.462. The van der Waals surface area contributed by atoms with Gasteiger partial charge in [0.15, 0.2) is 0 Å². The van der Waals surface area contributed by atoms with Crippen LogP contribution in [-0.2, 0) is 10.1 Å². The van der Waals surface area contributed by atoms with E-state index in [1.54, 1.807) is 0 Å². The van der Waals surface area contributed by atoms with Crippen molar-refractivity contribution in [3.63, 3.8) is 0 Å². The third kappa shape index (κ3) is 5.21. The zero-order chi connectivity index (χ0) is 8.91. The van der Waals surface area contributed by atoms with Crippen molar-refractivity contribution in [3.05, 3.63) is 0 Å². The Bertz CT molecular complexity index is 184. The molecule has 0 aromatic carbocycles. The molecule has 0 radical (unpaired) electrons. The Balaban J connectivity index is 3.62. The van der Waals surface area contributed by atoms with Gasteiger partial charge < -0.3 is 0 Å². The summed E-state index contributed by atoms with van der Waals surface area (Å²) in [5.41, 5.74) is 0. The SMILES string of the molecule is CCCCCC(C)S(=O)(=O)O. The highest BCUT2D eigenvalue weighted by Crippen LogP contribution is 2.08. The van der Waals surface area contributed by atoms with Crippen LogP contribution in [0.15, 0.2) is 0 Å². The maximum Gasteiger partial charge on any atom is 0.267 e. The molecule has 1 unspecified atom stereocenters. The average Bonchev–Trinajstić information content (AvgIpc) is 1.86. The van der Waals surface area contributed by atoms with Crippen molar-refractivity contribution in [2.45, 2.75) is 44.8 Å². The van der Waals surface area contributed by atoms with Gasteiger partial charge in [-0.2, -0.15) is 8.42 Å². The van der Waals surface area contributed by atoms with E-state index in [2.05, 4.69) is 6.92 Å². The molecule has 0 amide bonds. The van der Waals surface area contributed by atoms with Gasteiger partial charge >= 0.3 is 0 Å². The Morgan fingerprint density at radius 1 is 1.36 bits per heavy atom. The van der Waals surface area contributed by atoms with Gasteiger partial charge in [-0.3, -0.25) is 4.55 Å². The van der Waals surface area contributed by atoms with E-state index in [9.17, 15) is 8.42 Å². The van der Waals surface area contributed by atoms with Crippen molar-refractivity contribution >= 4 is 10.1 Å². The summed E-state index contributed by atoms with van der Waals surface area (Å²) in [6.45, 7) is 3.59. The molecule has 0 aromatic heterocycles. The van der Waals surface area contributed by atoms with E-state index in [1.807, 2.05) is 0 Å². The molecular weight excluding hydrogens is 164 g/mol. The predicted octanol–water partition coefficient (Wildman–Crippen LogP) is 1.84. The van der Waals surface area contributed by atoms with E-state index in [0.717, 1.165) is 19.3 Å². The second-order valence-electron chi connectivity index (χ2n) is 2.82. The molecule has 0 aliphatic carbocycles. The minimum Gasteiger partial charge on any atom is -0.285 e. The van der Waals surface area contributed by atoms with Crippen LogP contribution in [0.3, 0.4) is 0 Å². The highest BCUT2D eigenvalue weighted by molar-refractivity contribution is 7.86. The summed E-state index contributed by atoms with van der Waals surface area (Å²) >= 11 is 0. The maximum absolute atomic E-state index is 10.5. The zero-order valence-corrected chi connectivity index (χ0v) is 7.89. The molecule has 0 bridgehead atoms. The van der Waals surface area contributed by atoms with Crippen molar-refractivity contribution < 1.29 is 13.0 Å². The van der Waals surface area contributed by atoms with Crippen LogP contribution in [0.25, 0.3) is 0 Å². The minimum absolute atomic E-state index is 0.562. The molecule has 4 heteroatoms. The largest absolute Gasteiger partial charge is 0.285 e. The monoisotopic (exact) mass is 180 g/mol. The number of hydrogen-bond donors (Lipinski definition) is 1. The van der Waals surface area contributed by atoms with Crippen LogP contribution in [0.5, 0.6) is 0 Å². The standard InChI is InChI=1S/C7H16O3S/c1-3-4-5-6-7(2)11(8,9)10/h7H,3-6H2,1-2H3,(H,8,9,10). The van der Waals surface area contributed by atoms with Crippen molar-refractivity contribution in [3.8, 4) is 0 Å². The third-order valence-electron chi connectivity index (χ3n) is 1.72. The van der Waals surface area contributed by atoms with E-state index in [0.29, 0.717) is 6.42 Å². The van der Waals surface area contributed by atoms with Crippen LogP contribution in [-0.4, -0.2) is 18.2 Å². The van der Waals surface area contributed by atoms with Gasteiger partial charge in [0.25, 0.3) is 10.1 Å². The summed E-state index contributed by atoms with van der Waals surface area (Å²) in [6, 6.07) is 0. The van der Waals surface area contributed by atoms with Gasteiger partial charge in [-0.25, -0.2) is 0 Å². The topological polar surface area (TPSA) is 54.4 Å². The summed E-state index contributed by atoms with van der Waals surface area (Å²) in [7, 11) is -3.78. The Hall–Kier alpha value is -0.0900. The summed E-state index contributed by atoms with van der Waals surface area (Å²) in [5.74, 6) is 0. The molecule has 1 atom stereocenters. The van der Waals surface area contributed by atoms with Crippen LogP contribution in [0.1, 0.15) is 39.5 Å². The van der Waals surface area contributed by atoms with E-state index in [-0.39, 0.29) is 0 Å². The normalized spacial score (nSPS) is 14.8. The number of unbranched alkanes of at least 4 members (excludes halogenated alkanes) is 2. The first-order valence-corrected chi connectivity index (χ1v) is 5.45. The Morgan fingerprint density at radius 3 is 2.27 bits per heavy atom. The molecule has 0 aromatic rings. The molecule has 3 nitrogen and oxygen atoms in total. The summed E-state index contributed by atoms with van der Waals surface area (Å²) in [5, 5.41) is -0.603. The van der Waals surface area contributed by atoms with Gasteiger partial charge in [-0.1, -0.05) is 26.2 Å². The van der Waals surface area contributed by atoms with Crippen molar-refractivity contribution in [1.29, 1.82) is 0 Å². The molecule has 0 aliphatic heterocycles. The van der Waals surface area contributed by atoms with Gasteiger partial charge in [0.1, 0.15) is 0 Å². The molecule has 0 saturated heterocycles. The summed E-state index contributed by atoms with van der Waals surface area (Å²) in [6.07, 6.45) is 3.53. The molecule has 0 rings (SSSR count). The lowest BCUT2D eigenvalue weighted by atomic mass is 10.2. The molecule has 68 valence electrons. The lowest BCUT2D eigenvalue weighted by Gasteiger charge is -2.05. The summed E-state index contributed by atoms with van der Waals surface area (Å²) in [4.78, 5) is 0. The second kappa shape index (κ2) is 4.72. The van der Waals surface area contributed by atoms with Crippen LogP contribution in [0.4, 0.5) is 0 Å². The zero-order valence-electron chi connectivity index (χ0n) is 7.08. The lowest BCUT2D eigenvalue weighted by Crippen LogP contribution is -2.15. The highest BCUT2D eigenvalue weighted by Gasteiger charge is 2.15. The van der Waals surface area contributed by atoms with Crippen molar-refractivity contribution in [1.82, 2.24) is 0 Å². The van der Waals surface area contributed by atoms with Crippen molar-refractivity contribution in [2.24, 2.45) is 0 Å². The van der Waals surface area contributed by atoms with Gasteiger partial charge in [-0.05, 0) is 13.3 Å². The fourth-order valence-electron chi connectivity index (χ4n) is 0.831. The summed E-state index contributed by atoms with van der Waals surface area (Å²) < 4.78 is 29.5. The maximum atomic E-state index is 10.5. The van der Waals surface area contributed by atoms with E-state index in [4.69, 9.17) is 4.55 Å². The Morgan fingerprint density at radius 2 is 1.91 bits per heavy atom. The first kappa shape index (κ1) is 10.9. The minimum atomic E-state index is -3.78. The second-order valence-corrected chi connectivity index (χ2v) is 4.66. The molecule has 0 spiro atoms. The van der Waals surface area contributed by atoms with Gasteiger partial charge in [0, 0.05) is 0 Å². The van der Waals surface area contributed by atoms with E-state index >= 15 is 0 Å². The number of rotatable bonds is 5. The average molecular weight is 180 g/mol. The van der Waals surface area contributed by atoms with Gasteiger partial charge in [0.05, 0.1) is 5.25 Å². The smallest absolute Gasteiger partial charge is 0.267 e. The van der Waals surface area contributed by atoms with Crippen LogP contribution < -0.4 is 0 Å². The molecule has 0 heterocycles. The first-order chi connectivity index (χ1) is 4.98. The van der Waals surface area contributed by atoms with Crippen LogP contribution in [0.2, 0.25) is 0 Å². The van der Waals surface area contributed by atoms with E-state index in [1.165, 1.54) is 6.92 Å². The molecule has 0 saturated carbocycles. The molecular formula is C7H16O3S. The Labute approximate surface area is 68.6 Å². The van der Waals surface area contributed by atoms with Crippen LogP contribution in [0, 0.1) is 0 Å². The fraction of sp³-hybridized carbons (Fsp3) is 1.00. The highest BCUT2D eigenvalue weighted by atomic mass is 32.2. The number of hydrogen-bond acceptors (Lipinski definition) is 2. The quantitative estimate of drug-likeness (QED) is 0.519. The van der Waals surface area contributed by atoms with E-state index < -0.39 is 15.4 Å². The fourth-order valence-corrected chi connectivity index (χ4v) is 1.30. The predicted molar refractivity (Wildman–Crippen MR) is 45.2 cm³/mol. The van der Waals surface area contributed by atoms with Crippen LogP contribution >= 0.6 is 0 Å². The first-order valence-electron chi connectivity index (χ1n) is 3.94. The third-order valence-corrected chi connectivity index (χ3v) is 2.98. The molecule has 0 aliphatic rings. The molecule has 0 fully saturated rings.